The molecule has 2 heterocycles. The molecule has 2 fully saturated rings. The van der Waals surface area contributed by atoms with Crippen LogP contribution >= 0.6 is 11.8 Å². The average Bonchev–Trinajstić information content (AvgIpc) is 2.89. The van der Waals surface area contributed by atoms with Gasteiger partial charge in [-0.1, -0.05) is 37.5 Å². The molecule has 2 amide bonds. The van der Waals surface area contributed by atoms with Crippen molar-refractivity contribution in [1.82, 2.24) is 20.5 Å². The van der Waals surface area contributed by atoms with Gasteiger partial charge < -0.3 is 10.6 Å². The number of likely N-dealkylation sites (tertiary alicyclic amines) is 1. The summed E-state index contributed by atoms with van der Waals surface area (Å²) < 4.78 is 0. The van der Waals surface area contributed by atoms with Gasteiger partial charge in [0.25, 0.3) is 5.91 Å². The standard InChI is InChI=1S/C27H36N4O2S/c32-26(29-18-21-8-2-1-3-9-21)20-34-25-12-5-4-11-24(25)27(33)30-22-13-16-31(17-14-22)19-23-10-6-7-15-28-23/h4-7,10-12,15,21-22H,1-3,8-9,13-14,16-20H2,(H,29,32)(H,30,33). The van der Waals surface area contributed by atoms with Gasteiger partial charge >= 0.3 is 0 Å². The Balaban J connectivity index is 1.22. The Morgan fingerprint density at radius 2 is 1.74 bits per heavy atom. The molecule has 2 aliphatic rings. The average molecular weight is 481 g/mol. The quantitative estimate of drug-likeness (QED) is 0.525. The monoisotopic (exact) mass is 480 g/mol. The van der Waals surface area contributed by atoms with E-state index in [2.05, 4.69) is 26.6 Å². The van der Waals surface area contributed by atoms with E-state index in [1.165, 1.54) is 43.9 Å². The fourth-order valence-electron chi connectivity index (χ4n) is 4.84. The number of carbonyl (C=O) groups is 2. The third-order valence-electron chi connectivity index (χ3n) is 6.84. The maximum Gasteiger partial charge on any atom is 0.252 e. The number of pyridine rings is 1. The molecule has 1 aromatic heterocycles. The topological polar surface area (TPSA) is 74.3 Å². The number of aromatic nitrogens is 1. The van der Waals surface area contributed by atoms with E-state index in [1.54, 1.807) is 0 Å². The molecule has 0 unspecified atom stereocenters. The molecular formula is C27H36N4O2S. The minimum atomic E-state index is -0.0473. The number of benzene rings is 1. The van der Waals surface area contributed by atoms with Crippen molar-refractivity contribution in [3.05, 3.63) is 59.9 Å². The van der Waals surface area contributed by atoms with Gasteiger partial charge in [-0.2, -0.15) is 0 Å². The van der Waals surface area contributed by atoms with Crippen molar-refractivity contribution in [3.8, 4) is 0 Å². The first-order valence-electron chi connectivity index (χ1n) is 12.6. The third kappa shape index (κ3) is 7.57. The molecular weight excluding hydrogens is 444 g/mol. The first kappa shape index (κ1) is 24.7. The molecule has 1 aliphatic heterocycles. The van der Waals surface area contributed by atoms with E-state index in [0.29, 0.717) is 17.2 Å². The molecule has 0 spiro atoms. The molecule has 0 bridgehead atoms. The summed E-state index contributed by atoms with van der Waals surface area (Å²) >= 11 is 1.45. The maximum absolute atomic E-state index is 13.0. The zero-order valence-corrected chi connectivity index (χ0v) is 20.7. The van der Waals surface area contributed by atoms with Crippen molar-refractivity contribution < 1.29 is 9.59 Å². The Morgan fingerprint density at radius 3 is 2.50 bits per heavy atom. The molecule has 34 heavy (non-hydrogen) atoms. The number of hydrogen-bond acceptors (Lipinski definition) is 5. The molecule has 7 heteroatoms. The number of nitrogens with zero attached hydrogens (tertiary/aromatic N) is 2. The summed E-state index contributed by atoms with van der Waals surface area (Å²) in [7, 11) is 0. The Labute approximate surface area is 207 Å². The van der Waals surface area contributed by atoms with E-state index in [0.717, 1.165) is 49.6 Å². The Kier molecular flexibility index (Phi) is 9.39. The third-order valence-corrected chi connectivity index (χ3v) is 7.91. The lowest BCUT2D eigenvalue weighted by Crippen LogP contribution is -2.44. The maximum atomic E-state index is 13.0. The molecule has 182 valence electrons. The first-order valence-corrected chi connectivity index (χ1v) is 13.6. The summed E-state index contributed by atoms with van der Waals surface area (Å²) in [6.07, 6.45) is 10.0. The SMILES string of the molecule is O=C(CSc1ccccc1C(=O)NC1CCN(Cc2ccccn2)CC1)NCC1CCCCC1. The van der Waals surface area contributed by atoms with Crippen LogP contribution < -0.4 is 10.6 Å². The van der Waals surface area contributed by atoms with Crippen molar-refractivity contribution in [2.24, 2.45) is 5.92 Å². The molecule has 0 radical (unpaired) electrons. The Hall–Kier alpha value is -2.38. The van der Waals surface area contributed by atoms with Crippen LogP contribution in [0.3, 0.4) is 0 Å². The van der Waals surface area contributed by atoms with Crippen LogP contribution in [0.5, 0.6) is 0 Å². The van der Waals surface area contributed by atoms with Crippen LogP contribution in [0.15, 0.2) is 53.6 Å². The van der Waals surface area contributed by atoms with Crippen LogP contribution in [0.2, 0.25) is 0 Å². The van der Waals surface area contributed by atoms with Gasteiger partial charge in [-0.15, -0.1) is 11.8 Å². The number of piperidine rings is 1. The highest BCUT2D eigenvalue weighted by atomic mass is 32.2. The summed E-state index contributed by atoms with van der Waals surface area (Å²) in [5.74, 6) is 0.958. The van der Waals surface area contributed by atoms with Gasteiger partial charge in [-0.3, -0.25) is 19.5 Å². The molecule has 2 N–H and O–H groups in total. The van der Waals surface area contributed by atoms with Crippen LogP contribution in [-0.4, -0.2) is 53.1 Å². The number of hydrogen-bond donors (Lipinski definition) is 2. The summed E-state index contributed by atoms with van der Waals surface area (Å²) in [6.45, 7) is 3.52. The van der Waals surface area contributed by atoms with E-state index in [1.807, 2.05) is 42.6 Å². The van der Waals surface area contributed by atoms with Crippen LogP contribution in [-0.2, 0) is 11.3 Å². The minimum absolute atomic E-state index is 0.0473. The number of nitrogens with one attached hydrogen (secondary N) is 2. The fraction of sp³-hybridized carbons (Fsp3) is 0.519. The molecule has 1 saturated carbocycles. The zero-order valence-electron chi connectivity index (χ0n) is 19.9. The van der Waals surface area contributed by atoms with Gasteiger partial charge in [0.05, 0.1) is 17.0 Å². The highest BCUT2D eigenvalue weighted by molar-refractivity contribution is 8.00. The van der Waals surface area contributed by atoms with E-state index in [4.69, 9.17) is 0 Å². The largest absolute Gasteiger partial charge is 0.355 e. The van der Waals surface area contributed by atoms with E-state index >= 15 is 0 Å². The van der Waals surface area contributed by atoms with E-state index < -0.39 is 0 Å². The van der Waals surface area contributed by atoms with Gasteiger partial charge in [-0.05, 0) is 55.9 Å². The molecule has 6 nitrogen and oxygen atoms in total. The van der Waals surface area contributed by atoms with Crippen molar-refractivity contribution in [2.75, 3.05) is 25.4 Å². The van der Waals surface area contributed by atoms with Crippen molar-refractivity contribution >= 4 is 23.6 Å². The first-order chi connectivity index (χ1) is 16.7. The second-order valence-corrected chi connectivity index (χ2v) is 10.5. The number of carbonyl (C=O) groups excluding carboxylic acids is 2. The number of rotatable bonds is 9. The van der Waals surface area contributed by atoms with Crippen molar-refractivity contribution in [3.63, 3.8) is 0 Å². The Morgan fingerprint density at radius 1 is 0.971 bits per heavy atom. The van der Waals surface area contributed by atoms with Gasteiger partial charge in [0.1, 0.15) is 0 Å². The second-order valence-electron chi connectivity index (χ2n) is 9.44. The van der Waals surface area contributed by atoms with Gasteiger partial charge in [0, 0.05) is 43.3 Å². The second kappa shape index (κ2) is 12.9. The smallest absolute Gasteiger partial charge is 0.252 e. The van der Waals surface area contributed by atoms with Crippen LogP contribution in [0, 0.1) is 5.92 Å². The summed E-state index contributed by atoms with van der Waals surface area (Å²) in [5.41, 5.74) is 1.74. The zero-order chi connectivity index (χ0) is 23.6. The lowest BCUT2D eigenvalue weighted by molar-refractivity contribution is -0.118. The number of amides is 2. The lowest BCUT2D eigenvalue weighted by atomic mass is 9.89. The lowest BCUT2D eigenvalue weighted by Gasteiger charge is -2.32. The van der Waals surface area contributed by atoms with Crippen molar-refractivity contribution in [1.29, 1.82) is 0 Å². The molecule has 4 rings (SSSR count). The molecule has 1 aliphatic carbocycles. The summed E-state index contributed by atoms with van der Waals surface area (Å²) in [4.78, 5) is 33.1. The predicted octanol–water partition coefficient (Wildman–Crippen LogP) is 4.26. The van der Waals surface area contributed by atoms with Crippen LogP contribution in [0.1, 0.15) is 61.0 Å². The minimum Gasteiger partial charge on any atom is -0.355 e. The van der Waals surface area contributed by atoms with Crippen LogP contribution in [0.4, 0.5) is 0 Å². The van der Waals surface area contributed by atoms with Gasteiger partial charge in [-0.25, -0.2) is 0 Å². The van der Waals surface area contributed by atoms with E-state index in [9.17, 15) is 9.59 Å². The summed E-state index contributed by atoms with van der Waals surface area (Å²) in [5, 5.41) is 6.31. The van der Waals surface area contributed by atoms with E-state index in [-0.39, 0.29) is 17.9 Å². The van der Waals surface area contributed by atoms with Crippen LogP contribution in [0.25, 0.3) is 0 Å². The van der Waals surface area contributed by atoms with Gasteiger partial charge in [0.15, 0.2) is 0 Å². The normalized spacial score (nSPS) is 17.9. The fourth-order valence-corrected chi connectivity index (χ4v) is 5.72. The predicted molar refractivity (Wildman–Crippen MR) is 137 cm³/mol. The summed E-state index contributed by atoms with van der Waals surface area (Å²) in [6, 6.07) is 13.8. The highest BCUT2D eigenvalue weighted by Gasteiger charge is 2.23. The molecule has 1 aromatic carbocycles. The Bertz CT molecular complexity index is 925. The van der Waals surface area contributed by atoms with Crippen molar-refractivity contribution in [2.45, 2.75) is 62.4 Å². The molecule has 1 saturated heterocycles. The number of thioether (sulfide) groups is 1. The molecule has 2 aromatic rings. The van der Waals surface area contributed by atoms with Gasteiger partial charge in [0.2, 0.25) is 5.91 Å². The highest BCUT2D eigenvalue weighted by Crippen LogP contribution is 2.25. The molecule has 0 atom stereocenters.